The molecule has 17 aromatic rings. The second-order valence-electron chi connectivity index (χ2n) is 39.5. The molecule has 0 bridgehead atoms. The van der Waals surface area contributed by atoms with Crippen LogP contribution in [-0.4, -0.2) is 18.0 Å². The molecule has 0 atom stereocenters. The number of rotatable bonds is 10. The molecule has 0 saturated carbocycles. The maximum Gasteiger partial charge on any atom is 0.256 e. The molecule has 5 nitrogen and oxygen atoms in total. The maximum absolute atomic E-state index is 12.5. The Morgan fingerprint density at radius 1 is 0.244 bits per heavy atom. The van der Waals surface area contributed by atoms with Gasteiger partial charge < -0.3 is 24.0 Å². The van der Waals surface area contributed by atoms with Crippen LogP contribution in [0.15, 0.2) is 346 Å². The highest BCUT2D eigenvalue weighted by molar-refractivity contribution is 7.02. The van der Waals surface area contributed by atoms with Crippen LogP contribution in [0.4, 0.5) is 51.2 Å². The van der Waals surface area contributed by atoms with E-state index in [1.165, 1.54) is 33.0 Å². The number of benzene rings is 16. The fourth-order valence-electron chi connectivity index (χ4n) is 19.9. The van der Waals surface area contributed by atoms with E-state index in [4.69, 9.17) is 4.74 Å². The van der Waals surface area contributed by atoms with E-state index in [1.54, 1.807) is 0 Å². The van der Waals surface area contributed by atoms with Crippen LogP contribution in [0.5, 0.6) is 11.5 Å². The molecule has 1 aromatic heterocycles. The Kier molecular flexibility index (Phi) is 17.7. The molecular weight excluding hydrogens is 1490 g/mol. The Bertz CT molecular complexity index is 6930. The average molecular weight is 1590 g/mol. The molecule has 0 saturated heterocycles. The van der Waals surface area contributed by atoms with Crippen molar-refractivity contribution in [3.8, 4) is 83.9 Å². The van der Waals surface area contributed by atoms with Crippen LogP contribution in [0.3, 0.4) is 0 Å². The van der Waals surface area contributed by atoms with Gasteiger partial charge in [0.05, 0.1) is 29.5 Å². The van der Waals surface area contributed by atoms with Gasteiger partial charge in [-0.25, -0.2) is 0 Å². The van der Waals surface area contributed by atoms with Gasteiger partial charge in [0, 0.05) is 90.0 Å². The number of anilines is 9. The Morgan fingerprint density at radius 3 is 0.927 bits per heavy atom. The minimum atomic E-state index is -0.549. The molecule has 4 aliphatic heterocycles. The van der Waals surface area contributed by atoms with Crippen molar-refractivity contribution >= 4 is 119 Å². The molecular formula is C116H102B2N4O. The normalized spacial score (nSPS) is 13.6. The van der Waals surface area contributed by atoms with Gasteiger partial charge in [0.25, 0.3) is 13.4 Å². The number of fused-ring (bicyclic) bond motifs is 11. The highest BCUT2D eigenvalue weighted by Crippen LogP contribution is 2.58. The van der Waals surface area contributed by atoms with Crippen molar-refractivity contribution in [3.63, 3.8) is 0 Å². The molecule has 0 spiro atoms. The lowest BCUT2D eigenvalue weighted by Gasteiger charge is -2.47. The molecule has 598 valence electrons. The molecule has 123 heavy (non-hydrogen) atoms. The van der Waals surface area contributed by atoms with Gasteiger partial charge in [-0.15, -0.1) is 0 Å². The van der Waals surface area contributed by atoms with E-state index < -0.39 is 18.8 Å². The van der Waals surface area contributed by atoms with Gasteiger partial charge in [0.15, 0.2) is 0 Å². The number of para-hydroxylation sites is 3. The molecule has 21 rings (SSSR count). The second-order valence-corrected chi connectivity index (χ2v) is 39.5. The molecule has 16 aromatic carbocycles. The predicted octanol–water partition coefficient (Wildman–Crippen LogP) is 27.8. The number of ether oxygens (including phenoxy) is 1. The lowest BCUT2D eigenvalue weighted by molar-refractivity contribution is 0.483. The fraction of sp³-hybridized carbons (Fsp3) is 0.172. The zero-order valence-corrected chi connectivity index (χ0v) is 73.2. The van der Waals surface area contributed by atoms with Crippen LogP contribution in [0.2, 0.25) is 0 Å². The molecule has 0 unspecified atom stereocenters. The third kappa shape index (κ3) is 12.8. The quantitative estimate of drug-likeness (QED) is 0.127. The number of nitrogens with zero attached hydrogens (tertiary/aromatic N) is 4. The van der Waals surface area contributed by atoms with Crippen molar-refractivity contribution in [2.75, 3.05) is 14.7 Å². The molecule has 0 fully saturated rings. The van der Waals surface area contributed by atoms with Crippen LogP contribution in [0.25, 0.3) is 94.3 Å². The fourth-order valence-corrected chi connectivity index (χ4v) is 19.9. The first-order chi connectivity index (χ1) is 59.6. The summed E-state index contributed by atoms with van der Waals surface area (Å²) in [7, 11) is 0. The number of hydrogen-bond acceptors (Lipinski definition) is 4. The monoisotopic (exact) mass is 1590 g/mol. The van der Waals surface area contributed by atoms with E-state index in [-0.39, 0.29) is 21.7 Å². The van der Waals surface area contributed by atoms with Crippen LogP contribution in [-0.2, 0) is 27.1 Å². The van der Waals surface area contributed by atoms with Crippen molar-refractivity contribution in [1.29, 1.82) is 0 Å². The van der Waals surface area contributed by atoms with Gasteiger partial charge in [-0.2, -0.15) is 0 Å². The average Bonchev–Trinajstić information content (AvgIpc) is 0.705. The Labute approximate surface area is 728 Å². The largest absolute Gasteiger partial charge is 0.458 e. The first-order valence-electron chi connectivity index (χ1n) is 44.4. The van der Waals surface area contributed by atoms with E-state index in [9.17, 15) is 1.37 Å². The molecule has 5 heterocycles. The Balaban J connectivity index is 0.939. The van der Waals surface area contributed by atoms with Crippen LogP contribution in [0, 0.1) is 0 Å². The number of aromatic nitrogens is 1. The topological polar surface area (TPSA) is 23.9 Å². The minimum Gasteiger partial charge on any atom is -0.458 e. The lowest BCUT2D eigenvalue weighted by atomic mass is 9.30. The van der Waals surface area contributed by atoms with Gasteiger partial charge in [0.2, 0.25) is 0 Å². The maximum atomic E-state index is 12.5. The summed E-state index contributed by atoms with van der Waals surface area (Å²) in [6.45, 7) is 34.2. The highest BCUT2D eigenvalue weighted by atomic mass is 16.5. The third-order valence-corrected chi connectivity index (χ3v) is 26.4. The molecule has 0 amide bonds. The van der Waals surface area contributed by atoms with Gasteiger partial charge in [0.1, 0.15) is 11.5 Å². The van der Waals surface area contributed by atoms with Crippen LogP contribution >= 0.6 is 0 Å². The molecule has 4 aliphatic rings. The smallest absolute Gasteiger partial charge is 0.256 e. The Hall–Kier alpha value is -13.4. The Morgan fingerprint density at radius 2 is 0.545 bits per heavy atom. The van der Waals surface area contributed by atoms with Crippen LogP contribution in [0.1, 0.15) is 133 Å². The summed E-state index contributed by atoms with van der Waals surface area (Å²) in [5.74, 6) is 1.45. The van der Waals surface area contributed by atoms with E-state index in [1.807, 2.05) is 0 Å². The summed E-state index contributed by atoms with van der Waals surface area (Å²) in [6, 6.07) is 128. The third-order valence-electron chi connectivity index (χ3n) is 26.4. The molecule has 0 aliphatic carbocycles. The van der Waals surface area contributed by atoms with E-state index >= 15 is 0 Å². The minimum absolute atomic E-state index is 0.198. The lowest BCUT2D eigenvalue weighted by Crippen LogP contribution is -2.64. The van der Waals surface area contributed by atoms with Crippen LogP contribution < -0.4 is 52.2 Å². The summed E-state index contributed by atoms with van der Waals surface area (Å²) in [5.41, 5.74) is 36.6. The van der Waals surface area contributed by atoms with Crippen molar-refractivity contribution in [2.45, 2.75) is 131 Å². The second kappa shape index (κ2) is 28.6. The van der Waals surface area contributed by atoms with Crippen molar-refractivity contribution < 1.29 is 6.11 Å². The summed E-state index contributed by atoms with van der Waals surface area (Å²) in [6.07, 6.45) is 0. The summed E-state index contributed by atoms with van der Waals surface area (Å²) in [4.78, 5) is 7.92. The first-order valence-corrected chi connectivity index (χ1v) is 43.9. The van der Waals surface area contributed by atoms with E-state index in [0.717, 1.165) is 179 Å². The SMILES string of the molecule is [2H]c1c2c(cc3c1B1c4ccc(-n5c6ccccc6c6ccccc65)cc4N(c4c(-c5ccccc5)cc(C(C)(C)C)cc4-c4ccccc4)c4cc(C(C)(C)C)cc(c41)N3c1c(-c3ccccc3)cc(C(C)(C)C)cc1-c1ccccc1)Oc1cc(C(C)(C)C)cc3c1B2c1ccccc1N3c1c(-c2ccccc2)cc(C(C)(C)C)cc1-c1ccccc1. The van der Waals surface area contributed by atoms with Gasteiger partial charge in [-0.05, 0) is 212 Å². The molecule has 0 radical (unpaired) electrons. The summed E-state index contributed by atoms with van der Waals surface area (Å²) >= 11 is 0. The van der Waals surface area contributed by atoms with Crippen molar-refractivity contribution in [2.24, 2.45) is 0 Å². The number of hydrogen-bond donors (Lipinski definition) is 0. The van der Waals surface area contributed by atoms with Gasteiger partial charge in [-0.1, -0.05) is 353 Å². The summed E-state index contributed by atoms with van der Waals surface area (Å²) in [5, 5.41) is 2.39. The first kappa shape index (κ1) is 75.8. The van der Waals surface area contributed by atoms with Gasteiger partial charge in [-0.3, -0.25) is 0 Å². The molecule has 0 N–H and O–H groups in total. The standard InChI is InChI=1S/C116H102B2N4O/c1-112(2,3)79-60-87(73-40-22-16-23-41-73)109(88(61-79)74-42-24-17-25-43-74)120-99-57-39-36-54-93(99)118-96-71-95-101(72-105(96)123-106-69-83(116(13,14)15)68-104(120)108(106)118)122(111-91(77-48-30-20-31-49-77)64-81(114(7,8)9)65-92(111)78-50-32-21-33-51-78)103-67-82(115(10,11)12)66-102-107(103)117(95)94-59-58-84(119-97-55-37-34-52-85(97)86-53-35-38-56-98(86)119)70-100(94)121(102)110-89(75-44-26-18-27-45-75)62-80(113(4,5)6)63-90(110)76-46-28-19-29-47-76/h16-72H,1-15H3/i71D. The predicted molar refractivity (Wildman–Crippen MR) is 527 cm³/mol. The zero-order chi connectivity index (χ0) is 85.4. The zero-order valence-electron chi connectivity index (χ0n) is 74.2. The van der Waals surface area contributed by atoms with E-state index in [2.05, 4.69) is 463 Å². The van der Waals surface area contributed by atoms with Gasteiger partial charge >= 0.3 is 0 Å². The summed E-state index contributed by atoms with van der Waals surface area (Å²) < 4.78 is 23.2. The van der Waals surface area contributed by atoms with Crippen molar-refractivity contribution in [3.05, 3.63) is 374 Å². The van der Waals surface area contributed by atoms with Crippen molar-refractivity contribution in [1.82, 2.24) is 4.57 Å². The highest BCUT2D eigenvalue weighted by Gasteiger charge is 2.51. The van der Waals surface area contributed by atoms with E-state index in [0.29, 0.717) is 11.8 Å². The molecule has 7 heteroatoms.